The first-order valence-corrected chi connectivity index (χ1v) is 8.61. The number of nitrogens with zero attached hydrogens (tertiary/aromatic N) is 3. The Kier molecular flexibility index (Phi) is 5.33. The Morgan fingerprint density at radius 1 is 1.25 bits per heavy atom. The number of H-pyrrole nitrogens is 1. The highest BCUT2D eigenvalue weighted by molar-refractivity contribution is 6.33. The minimum absolute atomic E-state index is 0.0950. The van der Waals surface area contributed by atoms with Crippen LogP contribution in [0.25, 0.3) is 0 Å². The third-order valence-electron chi connectivity index (χ3n) is 4.61. The van der Waals surface area contributed by atoms with Gasteiger partial charge in [-0.15, -0.1) is 0 Å². The molecule has 0 aliphatic carbocycles. The van der Waals surface area contributed by atoms with Crippen molar-refractivity contribution in [3.63, 3.8) is 0 Å². The van der Waals surface area contributed by atoms with Gasteiger partial charge in [-0.3, -0.25) is 9.59 Å². The van der Waals surface area contributed by atoms with Gasteiger partial charge >= 0.3 is 6.18 Å². The number of amides is 1. The van der Waals surface area contributed by atoms with Crippen LogP contribution < -0.4 is 10.5 Å². The number of aromatic amines is 1. The molecule has 0 spiro atoms. The summed E-state index contributed by atoms with van der Waals surface area (Å²) in [5.74, 6) is -1.46. The molecule has 1 fully saturated rings. The van der Waals surface area contributed by atoms with E-state index >= 15 is 0 Å². The Labute approximate surface area is 161 Å². The lowest BCUT2D eigenvalue weighted by atomic mass is 9.98. The molecule has 28 heavy (non-hydrogen) atoms. The lowest BCUT2D eigenvalue weighted by Crippen LogP contribution is -2.51. The van der Waals surface area contributed by atoms with E-state index in [1.165, 1.54) is 22.9 Å². The number of carbonyl (C=O) groups is 1. The number of aromatic nitrogens is 2. The molecule has 6 nitrogen and oxygen atoms in total. The Morgan fingerprint density at radius 2 is 1.96 bits per heavy atom. The van der Waals surface area contributed by atoms with Crippen LogP contribution in [0.2, 0.25) is 5.02 Å². The molecule has 1 N–H and O–H groups in total. The molecule has 1 atom stereocenters. The predicted molar refractivity (Wildman–Crippen MR) is 93.6 cm³/mol. The molecule has 1 aliphatic rings. The van der Waals surface area contributed by atoms with E-state index in [1.807, 2.05) is 0 Å². The Balaban J connectivity index is 1.85. The summed E-state index contributed by atoms with van der Waals surface area (Å²) in [5.41, 5.74) is -1.64. The third kappa shape index (κ3) is 3.82. The van der Waals surface area contributed by atoms with Gasteiger partial charge in [0.1, 0.15) is 10.8 Å². The summed E-state index contributed by atoms with van der Waals surface area (Å²) in [7, 11) is 0. The van der Waals surface area contributed by atoms with Crippen LogP contribution in [-0.2, 0) is 11.0 Å². The van der Waals surface area contributed by atoms with Crippen LogP contribution >= 0.6 is 11.6 Å². The number of alkyl halides is 3. The van der Waals surface area contributed by atoms with Crippen LogP contribution in [0.15, 0.2) is 29.2 Å². The summed E-state index contributed by atoms with van der Waals surface area (Å²) in [4.78, 5) is 27.0. The quantitative estimate of drug-likeness (QED) is 0.778. The van der Waals surface area contributed by atoms with Crippen molar-refractivity contribution < 1.29 is 22.4 Å². The zero-order chi connectivity index (χ0) is 20.6. The molecule has 1 aromatic heterocycles. The maximum Gasteiger partial charge on any atom is 0.416 e. The van der Waals surface area contributed by atoms with Crippen LogP contribution in [-0.4, -0.2) is 40.6 Å². The smallest absolute Gasteiger partial charge is 0.358 e. The fourth-order valence-electron chi connectivity index (χ4n) is 3.20. The van der Waals surface area contributed by atoms with Gasteiger partial charge in [-0.2, -0.15) is 18.3 Å². The van der Waals surface area contributed by atoms with E-state index in [2.05, 4.69) is 10.2 Å². The first-order chi connectivity index (χ1) is 13.1. The number of nitrogens with one attached hydrogen (secondary N) is 1. The van der Waals surface area contributed by atoms with Gasteiger partial charge in [0.15, 0.2) is 0 Å². The molecular formula is C17H15ClF4N4O2. The van der Waals surface area contributed by atoms with Crippen molar-refractivity contribution in [3.05, 3.63) is 56.7 Å². The molecule has 0 radical (unpaired) electrons. The van der Waals surface area contributed by atoms with Crippen molar-refractivity contribution in [2.75, 3.05) is 24.5 Å². The number of hydrogen-bond donors (Lipinski definition) is 1. The Morgan fingerprint density at radius 3 is 2.61 bits per heavy atom. The largest absolute Gasteiger partial charge is 0.416 e. The number of carbonyl (C=O) groups excluding carboxylic acids is 1. The highest BCUT2D eigenvalue weighted by atomic mass is 35.5. The lowest BCUT2D eigenvalue weighted by molar-refractivity contribution is -0.141. The van der Waals surface area contributed by atoms with Crippen LogP contribution in [0.1, 0.15) is 24.1 Å². The van der Waals surface area contributed by atoms with Crippen molar-refractivity contribution in [2.45, 2.75) is 19.1 Å². The summed E-state index contributed by atoms with van der Waals surface area (Å²) in [6.45, 7) is 1.61. The van der Waals surface area contributed by atoms with E-state index in [0.29, 0.717) is 6.07 Å². The van der Waals surface area contributed by atoms with Crippen LogP contribution in [0.5, 0.6) is 0 Å². The van der Waals surface area contributed by atoms with E-state index < -0.39 is 35.1 Å². The van der Waals surface area contributed by atoms with Crippen molar-refractivity contribution >= 4 is 23.2 Å². The van der Waals surface area contributed by atoms with Crippen LogP contribution in [0.4, 0.5) is 23.2 Å². The van der Waals surface area contributed by atoms with Crippen molar-refractivity contribution in [2.24, 2.45) is 0 Å². The molecule has 2 aromatic rings. The van der Waals surface area contributed by atoms with E-state index in [4.69, 9.17) is 11.6 Å². The maximum atomic E-state index is 13.3. The fourth-order valence-corrected chi connectivity index (χ4v) is 3.41. The molecule has 150 valence electrons. The number of hydrogen-bond acceptors (Lipinski definition) is 4. The minimum atomic E-state index is -4.75. The molecule has 11 heteroatoms. The molecule has 0 saturated carbocycles. The second kappa shape index (κ2) is 7.42. The van der Waals surface area contributed by atoms with E-state index in [0.717, 1.165) is 12.1 Å². The topological polar surface area (TPSA) is 69.3 Å². The van der Waals surface area contributed by atoms with Crippen molar-refractivity contribution in [1.29, 1.82) is 0 Å². The first kappa shape index (κ1) is 20.1. The van der Waals surface area contributed by atoms with Crippen molar-refractivity contribution in [1.82, 2.24) is 15.1 Å². The number of piperazine rings is 1. The molecule has 1 aliphatic heterocycles. The standard InChI is InChI=1S/C17H15ClF4N4O2/c1-9(11-3-2-10(19)6-12(11)17(20,21)22)26-5-4-25(8-14(26)27)13-7-23-24-16(28)15(13)18/h2-3,6-7,9H,4-5,8H2,1H3,(H,24,28)/t9-/m1/s1. The van der Waals surface area contributed by atoms with Gasteiger partial charge in [-0.1, -0.05) is 17.7 Å². The van der Waals surface area contributed by atoms with Crippen LogP contribution in [0, 0.1) is 5.82 Å². The zero-order valence-corrected chi connectivity index (χ0v) is 15.3. The molecule has 1 amide bonds. The number of rotatable bonds is 3. The van der Waals surface area contributed by atoms with Gasteiger partial charge in [-0.25, -0.2) is 9.49 Å². The summed E-state index contributed by atoms with van der Waals surface area (Å²) < 4.78 is 53.2. The minimum Gasteiger partial charge on any atom is -0.358 e. The predicted octanol–water partition coefficient (Wildman–Crippen LogP) is 2.99. The van der Waals surface area contributed by atoms with Gasteiger partial charge in [0.05, 0.1) is 30.0 Å². The fraction of sp³-hybridized carbons (Fsp3) is 0.353. The number of halogens is 5. The highest BCUT2D eigenvalue weighted by Crippen LogP contribution is 2.37. The number of benzene rings is 1. The normalized spacial score (nSPS) is 16.4. The summed E-state index contributed by atoms with van der Waals surface area (Å²) in [6.07, 6.45) is -3.45. The monoisotopic (exact) mass is 418 g/mol. The molecule has 2 heterocycles. The SMILES string of the molecule is C[C@H](c1ccc(F)cc1C(F)(F)F)N1CCN(c2cn[nH]c(=O)c2Cl)CC1=O. The van der Waals surface area contributed by atoms with Gasteiger partial charge in [0.25, 0.3) is 5.56 Å². The zero-order valence-electron chi connectivity index (χ0n) is 14.6. The second-order valence-electron chi connectivity index (χ2n) is 6.31. The lowest BCUT2D eigenvalue weighted by Gasteiger charge is -2.39. The van der Waals surface area contributed by atoms with Crippen LogP contribution in [0.3, 0.4) is 0 Å². The van der Waals surface area contributed by atoms with Crippen molar-refractivity contribution in [3.8, 4) is 0 Å². The Bertz CT molecular complexity index is 963. The highest BCUT2D eigenvalue weighted by Gasteiger charge is 2.38. The number of anilines is 1. The molecule has 1 saturated heterocycles. The van der Waals surface area contributed by atoms with Gasteiger partial charge in [0.2, 0.25) is 5.91 Å². The third-order valence-corrected chi connectivity index (χ3v) is 4.98. The second-order valence-corrected chi connectivity index (χ2v) is 6.69. The molecule has 0 unspecified atom stereocenters. The molecule has 1 aromatic carbocycles. The first-order valence-electron chi connectivity index (χ1n) is 8.24. The van der Waals surface area contributed by atoms with E-state index in [1.54, 1.807) is 0 Å². The summed E-state index contributed by atoms with van der Waals surface area (Å²) in [6, 6.07) is 1.48. The van der Waals surface area contributed by atoms with Gasteiger partial charge in [0, 0.05) is 13.1 Å². The average molecular weight is 419 g/mol. The van der Waals surface area contributed by atoms with Gasteiger partial charge in [-0.05, 0) is 24.6 Å². The molecular weight excluding hydrogens is 404 g/mol. The summed E-state index contributed by atoms with van der Waals surface area (Å²) in [5, 5.41) is 5.69. The Hall–Kier alpha value is -2.62. The average Bonchev–Trinajstić information content (AvgIpc) is 2.62. The maximum absolute atomic E-state index is 13.3. The molecule has 3 rings (SSSR count). The molecule has 0 bridgehead atoms. The van der Waals surface area contributed by atoms with E-state index in [9.17, 15) is 27.2 Å². The van der Waals surface area contributed by atoms with E-state index in [-0.39, 0.29) is 35.9 Å². The summed E-state index contributed by atoms with van der Waals surface area (Å²) >= 11 is 5.94. The van der Waals surface area contributed by atoms with Gasteiger partial charge < -0.3 is 9.80 Å².